The fourth-order valence-corrected chi connectivity index (χ4v) is 2.13. The first-order valence-corrected chi connectivity index (χ1v) is 6.02. The predicted octanol–water partition coefficient (Wildman–Crippen LogP) is 1.21. The van der Waals surface area contributed by atoms with Crippen LogP contribution in [0.5, 0.6) is 0 Å². The van der Waals surface area contributed by atoms with Gasteiger partial charge in [-0.05, 0) is 26.7 Å². The predicted molar refractivity (Wildman–Crippen MR) is 62.9 cm³/mol. The van der Waals surface area contributed by atoms with Gasteiger partial charge in [-0.1, -0.05) is 19.8 Å². The third kappa shape index (κ3) is 3.51. The highest BCUT2D eigenvalue weighted by Crippen LogP contribution is 2.37. The number of carbonyl (C=O) groups excluding carboxylic acids is 2. The molecule has 0 aliphatic heterocycles. The van der Waals surface area contributed by atoms with E-state index in [1.165, 1.54) is 0 Å². The Labute approximate surface area is 97.2 Å². The molecule has 0 aromatic carbocycles. The average molecular weight is 226 g/mol. The minimum Gasteiger partial charge on any atom is -0.352 e. The van der Waals surface area contributed by atoms with E-state index in [1.807, 2.05) is 20.8 Å². The van der Waals surface area contributed by atoms with E-state index in [4.69, 9.17) is 0 Å². The largest absolute Gasteiger partial charge is 0.352 e. The smallest absolute Gasteiger partial charge is 0.239 e. The van der Waals surface area contributed by atoms with Crippen LogP contribution in [0.25, 0.3) is 0 Å². The van der Waals surface area contributed by atoms with Gasteiger partial charge in [-0.3, -0.25) is 9.59 Å². The van der Waals surface area contributed by atoms with Crippen molar-refractivity contribution in [3.63, 3.8) is 0 Å². The summed E-state index contributed by atoms with van der Waals surface area (Å²) in [6.45, 7) is 5.87. The molecule has 1 aliphatic carbocycles. The van der Waals surface area contributed by atoms with Crippen LogP contribution in [0.2, 0.25) is 0 Å². The normalized spacial score (nSPS) is 18.5. The molecule has 1 rings (SSSR count). The van der Waals surface area contributed by atoms with Gasteiger partial charge in [0.05, 0.1) is 6.54 Å². The fraction of sp³-hybridized carbons (Fsp3) is 0.833. The van der Waals surface area contributed by atoms with Gasteiger partial charge < -0.3 is 10.6 Å². The Morgan fingerprint density at radius 1 is 1.25 bits per heavy atom. The van der Waals surface area contributed by atoms with Crippen LogP contribution < -0.4 is 10.6 Å². The summed E-state index contributed by atoms with van der Waals surface area (Å²) in [6, 6.07) is 0.117. The second-order valence-corrected chi connectivity index (χ2v) is 5.17. The summed E-state index contributed by atoms with van der Waals surface area (Å²) >= 11 is 0. The van der Waals surface area contributed by atoms with E-state index in [-0.39, 0.29) is 29.8 Å². The summed E-state index contributed by atoms with van der Waals surface area (Å²) in [7, 11) is 0. The van der Waals surface area contributed by atoms with Gasteiger partial charge in [-0.15, -0.1) is 0 Å². The lowest BCUT2D eigenvalue weighted by molar-refractivity contribution is -0.132. The maximum Gasteiger partial charge on any atom is 0.239 e. The van der Waals surface area contributed by atoms with Crippen molar-refractivity contribution in [1.82, 2.24) is 10.6 Å². The zero-order valence-electron chi connectivity index (χ0n) is 10.4. The molecule has 0 bridgehead atoms. The molecule has 1 aliphatic rings. The summed E-state index contributed by atoms with van der Waals surface area (Å²) in [6.07, 6.45) is 4.10. The van der Waals surface area contributed by atoms with Gasteiger partial charge in [0.15, 0.2) is 0 Å². The van der Waals surface area contributed by atoms with Crippen LogP contribution in [0.4, 0.5) is 0 Å². The molecule has 0 radical (unpaired) electrons. The van der Waals surface area contributed by atoms with Crippen molar-refractivity contribution in [2.75, 3.05) is 6.54 Å². The molecular formula is C12H22N2O2. The Kier molecular flexibility index (Phi) is 4.33. The van der Waals surface area contributed by atoms with E-state index in [1.54, 1.807) is 0 Å². The van der Waals surface area contributed by atoms with E-state index >= 15 is 0 Å². The summed E-state index contributed by atoms with van der Waals surface area (Å²) in [5, 5.41) is 5.47. The third-order valence-electron chi connectivity index (χ3n) is 3.11. The molecule has 4 heteroatoms. The van der Waals surface area contributed by atoms with E-state index < -0.39 is 0 Å². The van der Waals surface area contributed by atoms with Crippen molar-refractivity contribution < 1.29 is 9.59 Å². The van der Waals surface area contributed by atoms with Crippen LogP contribution in [-0.2, 0) is 9.59 Å². The van der Waals surface area contributed by atoms with Crippen molar-refractivity contribution in [2.24, 2.45) is 5.41 Å². The molecule has 16 heavy (non-hydrogen) atoms. The summed E-state index contributed by atoms with van der Waals surface area (Å²) in [5.74, 6) is -0.103. The van der Waals surface area contributed by atoms with Crippen LogP contribution in [0.3, 0.4) is 0 Å². The molecule has 92 valence electrons. The number of amides is 2. The summed E-state index contributed by atoms with van der Waals surface area (Å²) in [5.41, 5.74) is -0.252. The molecule has 0 spiro atoms. The van der Waals surface area contributed by atoms with Crippen molar-refractivity contribution >= 4 is 11.8 Å². The zero-order chi connectivity index (χ0) is 12.2. The van der Waals surface area contributed by atoms with Crippen molar-refractivity contribution in [3.05, 3.63) is 0 Å². The molecule has 1 saturated carbocycles. The maximum absolute atomic E-state index is 11.9. The molecule has 2 amide bonds. The lowest BCUT2D eigenvalue weighted by Crippen LogP contribution is -2.44. The zero-order valence-corrected chi connectivity index (χ0v) is 10.4. The Balaban J connectivity index is 2.32. The highest BCUT2D eigenvalue weighted by atomic mass is 16.2. The highest BCUT2D eigenvalue weighted by molar-refractivity contribution is 5.87. The Morgan fingerprint density at radius 2 is 1.81 bits per heavy atom. The van der Waals surface area contributed by atoms with Gasteiger partial charge in [-0.2, -0.15) is 0 Å². The topological polar surface area (TPSA) is 58.2 Å². The van der Waals surface area contributed by atoms with Gasteiger partial charge >= 0.3 is 0 Å². The van der Waals surface area contributed by atoms with E-state index in [0.717, 1.165) is 25.7 Å². The number of hydrogen-bond acceptors (Lipinski definition) is 2. The van der Waals surface area contributed by atoms with Crippen LogP contribution in [0, 0.1) is 5.41 Å². The molecule has 0 atom stereocenters. The fourth-order valence-electron chi connectivity index (χ4n) is 2.13. The Hall–Kier alpha value is -1.06. The molecular weight excluding hydrogens is 204 g/mol. The molecule has 2 N–H and O–H groups in total. The molecule has 0 aromatic rings. The van der Waals surface area contributed by atoms with Gasteiger partial charge in [0, 0.05) is 11.5 Å². The van der Waals surface area contributed by atoms with Gasteiger partial charge in [-0.25, -0.2) is 0 Å². The molecule has 0 heterocycles. The van der Waals surface area contributed by atoms with E-state index in [9.17, 15) is 9.59 Å². The SMILES string of the molecule is CC(C)NC(=O)CNC(=O)C1(C)CCCC1. The van der Waals surface area contributed by atoms with E-state index in [2.05, 4.69) is 10.6 Å². The Morgan fingerprint density at radius 3 is 2.31 bits per heavy atom. The summed E-state index contributed by atoms with van der Waals surface area (Å²) < 4.78 is 0. The van der Waals surface area contributed by atoms with Crippen molar-refractivity contribution in [1.29, 1.82) is 0 Å². The first kappa shape index (κ1) is 13.0. The number of carbonyl (C=O) groups is 2. The van der Waals surface area contributed by atoms with E-state index in [0.29, 0.717) is 0 Å². The molecule has 0 saturated heterocycles. The van der Waals surface area contributed by atoms with Gasteiger partial charge in [0.25, 0.3) is 0 Å². The lowest BCUT2D eigenvalue weighted by Gasteiger charge is -2.22. The van der Waals surface area contributed by atoms with Gasteiger partial charge in [0.1, 0.15) is 0 Å². The number of rotatable bonds is 4. The van der Waals surface area contributed by atoms with Gasteiger partial charge in [0.2, 0.25) is 11.8 Å². The average Bonchev–Trinajstić information content (AvgIpc) is 2.62. The van der Waals surface area contributed by atoms with Crippen LogP contribution >= 0.6 is 0 Å². The minimum atomic E-state index is -0.252. The molecule has 4 nitrogen and oxygen atoms in total. The molecule has 1 fully saturated rings. The summed E-state index contributed by atoms with van der Waals surface area (Å²) in [4.78, 5) is 23.2. The van der Waals surface area contributed by atoms with Crippen LogP contribution in [0.1, 0.15) is 46.5 Å². The van der Waals surface area contributed by atoms with Crippen molar-refractivity contribution in [2.45, 2.75) is 52.5 Å². The van der Waals surface area contributed by atoms with Crippen LogP contribution in [0.15, 0.2) is 0 Å². The first-order valence-electron chi connectivity index (χ1n) is 6.02. The highest BCUT2D eigenvalue weighted by Gasteiger charge is 2.36. The minimum absolute atomic E-state index is 0.0175. The lowest BCUT2D eigenvalue weighted by atomic mass is 9.88. The third-order valence-corrected chi connectivity index (χ3v) is 3.11. The molecule has 0 aromatic heterocycles. The Bertz CT molecular complexity index is 268. The first-order chi connectivity index (χ1) is 7.44. The number of nitrogens with one attached hydrogen (secondary N) is 2. The van der Waals surface area contributed by atoms with Crippen LogP contribution in [-0.4, -0.2) is 24.4 Å². The standard InChI is InChI=1S/C12H22N2O2/c1-9(2)14-10(15)8-13-11(16)12(3)6-4-5-7-12/h9H,4-8H2,1-3H3,(H,13,16)(H,14,15). The number of hydrogen-bond donors (Lipinski definition) is 2. The molecule has 0 unspecified atom stereocenters. The van der Waals surface area contributed by atoms with Crippen molar-refractivity contribution in [3.8, 4) is 0 Å². The second kappa shape index (κ2) is 5.32. The monoisotopic (exact) mass is 226 g/mol. The second-order valence-electron chi connectivity index (χ2n) is 5.17. The maximum atomic E-state index is 11.9. The quantitative estimate of drug-likeness (QED) is 0.757.